The van der Waals surface area contributed by atoms with E-state index in [-0.39, 0.29) is 0 Å². The highest BCUT2D eigenvalue weighted by atomic mass is 16.7. The Hall–Kier alpha value is -4.72. The van der Waals surface area contributed by atoms with Crippen molar-refractivity contribution in [3.63, 3.8) is 0 Å². The maximum atomic E-state index is 12.9. The van der Waals surface area contributed by atoms with Crippen molar-refractivity contribution in [2.24, 2.45) is 0 Å². The number of benzene rings is 3. The lowest BCUT2D eigenvalue weighted by Crippen LogP contribution is -2.18. The molecule has 0 bridgehead atoms. The first-order chi connectivity index (χ1) is 22.9. The van der Waals surface area contributed by atoms with E-state index in [1.165, 1.54) is 0 Å². The molecule has 0 saturated heterocycles. The van der Waals surface area contributed by atoms with Crippen LogP contribution in [0.2, 0.25) is 0 Å². The molecule has 3 rings (SSSR count). The third kappa shape index (κ3) is 12.9. The van der Waals surface area contributed by atoms with E-state index >= 15 is 0 Å². The second-order valence-corrected chi connectivity index (χ2v) is 11.1. The van der Waals surface area contributed by atoms with Gasteiger partial charge in [0.05, 0.1) is 23.7 Å². The van der Waals surface area contributed by atoms with Crippen LogP contribution in [0.4, 0.5) is 0 Å². The van der Waals surface area contributed by atoms with Crippen LogP contribution >= 0.6 is 0 Å². The number of hydrogen-bond donors (Lipinski definition) is 0. The Labute approximate surface area is 279 Å². The fourth-order valence-corrected chi connectivity index (χ4v) is 4.53. The number of carbonyl (C=O) groups excluding carboxylic acids is 2. The normalized spacial score (nSPS) is 12.4. The van der Waals surface area contributed by atoms with Crippen molar-refractivity contribution in [2.45, 2.75) is 98.6 Å². The van der Waals surface area contributed by atoms with E-state index in [9.17, 15) is 9.59 Å². The van der Waals surface area contributed by atoms with Crippen LogP contribution in [-0.2, 0) is 9.47 Å². The van der Waals surface area contributed by atoms with Gasteiger partial charge in [0.25, 0.3) is 0 Å². The van der Waals surface area contributed by atoms with Crippen molar-refractivity contribution in [2.75, 3.05) is 0 Å². The summed E-state index contributed by atoms with van der Waals surface area (Å²) in [6, 6.07) is 18.3. The fraction of sp³-hybridized carbons (Fsp3) is 0.385. The SMILES string of the molecule is C/C=C/OC(CCCCC)Oc1ccc(C(=O)Oc2ccc(OC(=O)c3ccc(OC(CCCCC)O/C=C/C)cc3)c(C)c2)cc1. The average Bonchev–Trinajstić information content (AvgIpc) is 3.08. The maximum absolute atomic E-state index is 12.9. The lowest BCUT2D eigenvalue weighted by atomic mass is 10.2. The summed E-state index contributed by atoms with van der Waals surface area (Å²) in [5, 5.41) is 0. The number of hydrogen-bond acceptors (Lipinski definition) is 8. The molecular formula is C39H48O8. The van der Waals surface area contributed by atoms with Gasteiger partial charge < -0.3 is 28.4 Å². The summed E-state index contributed by atoms with van der Waals surface area (Å²) < 4.78 is 34.5. The van der Waals surface area contributed by atoms with Gasteiger partial charge in [-0.25, -0.2) is 9.59 Å². The highest BCUT2D eigenvalue weighted by Crippen LogP contribution is 2.26. The van der Waals surface area contributed by atoms with Gasteiger partial charge >= 0.3 is 11.9 Å². The molecular weight excluding hydrogens is 596 g/mol. The second-order valence-electron chi connectivity index (χ2n) is 11.1. The van der Waals surface area contributed by atoms with E-state index in [1.807, 2.05) is 26.0 Å². The van der Waals surface area contributed by atoms with E-state index in [2.05, 4.69) is 13.8 Å². The largest absolute Gasteiger partial charge is 0.463 e. The fourth-order valence-electron chi connectivity index (χ4n) is 4.53. The van der Waals surface area contributed by atoms with Crippen molar-refractivity contribution >= 4 is 11.9 Å². The van der Waals surface area contributed by atoms with Crippen LogP contribution in [0.3, 0.4) is 0 Å². The molecule has 2 atom stereocenters. The summed E-state index contributed by atoms with van der Waals surface area (Å²) in [4.78, 5) is 25.7. The third-order valence-electron chi connectivity index (χ3n) is 7.09. The summed E-state index contributed by atoms with van der Waals surface area (Å²) in [5.41, 5.74) is 1.38. The van der Waals surface area contributed by atoms with Gasteiger partial charge in [-0.3, -0.25) is 0 Å². The zero-order valence-electron chi connectivity index (χ0n) is 28.2. The van der Waals surface area contributed by atoms with E-state index in [4.69, 9.17) is 28.4 Å². The first-order valence-corrected chi connectivity index (χ1v) is 16.5. The minimum atomic E-state index is -0.517. The van der Waals surface area contributed by atoms with Crippen LogP contribution in [-0.4, -0.2) is 24.5 Å². The zero-order chi connectivity index (χ0) is 33.9. The number of carbonyl (C=O) groups is 2. The number of rotatable bonds is 20. The standard InChI is InChI=1S/C39H48O8/c1-6-10-12-14-36(42-26-8-3)44-32-20-16-30(17-21-32)38(40)46-34-24-25-35(29(5)28-34)47-39(41)31-18-22-33(23-19-31)45-37(43-27-9-4)15-13-11-7-2/h8-9,16-28,36-37H,6-7,10-15H2,1-5H3/b26-8+,27-9+. The summed E-state index contributed by atoms with van der Waals surface area (Å²) in [6.45, 7) is 9.84. The van der Waals surface area contributed by atoms with Crippen LogP contribution in [0, 0.1) is 6.92 Å². The van der Waals surface area contributed by atoms with E-state index in [1.54, 1.807) is 86.2 Å². The van der Waals surface area contributed by atoms with Crippen LogP contribution in [0.15, 0.2) is 91.4 Å². The third-order valence-corrected chi connectivity index (χ3v) is 7.09. The Morgan fingerprint density at radius 2 is 1.06 bits per heavy atom. The predicted octanol–water partition coefficient (Wildman–Crippen LogP) is 10.1. The lowest BCUT2D eigenvalue weighted by Gasteiger charge is -2.18. The molecule has 3 aromatic rings. The van der Waals surface area contributed by atoms with Crippen molar-refractivity contribution < 1.29 is 38.0 Å². The van der Waals surface area contributed by atoms with Gasteiger partial charge in [-0.05, 0) is 106 Å². The number of unbranched alkanes of at least 4 members (excludes halogenated alkanes) is 4. The van der Waals surface area contributed by atoms with Crippen molar-refractivity contribution in [3.8, 4) is 23.0 Å². The molecule has 8 heteroatoms. The Bertz CT molecular complexity index is 1430. The molecule has 0 amide bonds. The van der Waals surface area contributed by atoms with Gasteiger partial charge in [0.2, 0.25) is 12.6 Å². The molecule has 0 heterocycles. The predicted molar refractivity (Wildman–Crippen MR) is 183 cm³/mol. The highest BCUT2D eigenvalue weighted by molar-refractivity contribution is 5.92. The van der Waals surface area contributed by atoms with Gasteiger partial charge in [0.1, 0.15) is 23.0 Å². The topological polar surface area (TPSA) is 89.5 Å². The van der Waals surface area contributed by atoms with Crippen LogP contribution < -0.4 is 18.9 Å². The number of ether oxygens (including phenoxy) is 6. The van der Waals surface area contributed by atoms with Crippen molar-refractivity contribution in [1.29, 1.82) is 0 Å². The Balaban J connectivity index is 1.55. The van der Waals surface area contributed by atoms with Gasteiger partial charge in [-0.2, -0.15) is 0 Å². The monoisotopic (exact) mass is 644 g/mol. The second kappa shape index (κ2) is 20.4. The minimum absolute atomic E-state index is 0.332. The van der Waals surface area contributed by atoms with Crippen LogP contribution in [0.25, 0.3) is 0 Å². The molecule has 8 nitrogen and oxygen atoms in total. The number of aryl methyl sites for hydroxylation is 1. The molecule has 0 aliphatic rings. The van der Waals surface area contributed by atoms with Crippen molar-refractivity contribution in [3.05, 3.63) is 108 Å². The van der Waals surface area contributed by atoms with Crippen LogP contribution in [0.5, 0.6) is 23.0 Å². The molecule has 0 radical (unpaired) electrons. The Morgan fingerprint density at radius 1 is 0.617 bits per heavy atom. The van der Waals surface area contributed by atoms with Gasteiger partial charge in [-0.15, -0.1) is 0 Å². The molecule has 0 N–H and O–H groups in total. The summed E-state index contributed by atoms with van der Waals surface area (Å²) >= 11 is 0. The Morgan fingerprint density at radius 3 is 1.49 bits per heavy atom. The number of esters is 2. The van der Waals surface area contributed by atoms with Gasteiger partial charge in [0, 0.05) is 12.8 Å². The first kappa shape index (κ1) is 36.7. The molecule has 0 saturated carbocycles. The van der Waals surface area contributed by atoms with E-state index in [0.717, 1.165) is 51.4 Å². The first-order valence-electron chi connectivity index (χ1n) is 16.5. The summed E-state index contributed by atoms with van der Waals surface area (Å²) in [6.07, 6.45) is 14.0. The lowest BCUT2D eigenvalue weighted by molar-refractivity contribution is -0.0367. The summed E-state index contributed by atoms with van der Waals surface area (Å²) in [7, 11) is 0. The van der Waals surface area contributed by atoms with E-state index in [0.29, 0.717) is 39.7 Å². The molecule has 0 fully saturated rings. The molecule has 252 valence electrons. The van der Waals surface area contributed by atoms with Gasteiger partial charge in [0.15, 0.2) is 0 Å². The van der Waals surface area contributed by atoms with E-state index < -0.39 is 24.5 Å². The average molecular weight is 645 g/mol. The quantitative estimate of drug-likeness (QED) is 0.0395. The van der Waals surface area contributed by atoms with Crippen molar-refractivity contribution in [1.82, 2.24) is 0 Å². The molecule has 0 spiro atoms. The maximum Gasteiger partial charge on any atom is 0.343 e. The van der Waals surface area contributed by atoms with Crippen LogP contribution in [0.1, 0.15) is 105 Å². The molecule has 47 heavy (non-hydrogen) atoms. The zero-order valence-corrected chi connectivity index (χ0v) is 28.2. The Kier molecular flexibility index (Phi) is 16.0. The highest BCUT2D eigenvalue weighted by Gasteiger charge is 2.16. The summed E-state index contributed by atoms with van der Waals surface area (Å²) in [5.74, 6) is 0.861. The molecule has 3 aromatic carbocycles. The number of allylic oxidation sites excluding steroid dienone is 2. The molecule has 0 aliphatic heterocycles. The molecule has 2 unspecified atom stereocenters. The molecule has 0 aliphatic carbocycles. The molecule has 0 aromatic heterocycles. The van der Waals surface area contributed by atoms with Gasteiger partial charge in [-0.1, -0.05) is 51.7 Å². The smallest absolute Gasteiger partial charge is 0.343 e. The minimum Gasteiger partial charge on any atom is -0.463 e.